The van der Waals surface area contributed by atoms with Crippen molar-refractivity contribution in [2.45, 2.75) is 6.54 Å². The zero-order valence-corrected chi connectivity index (χ0v) is 15.8. The van der Waals surface area contributed by atoms with Crippen LogP contribution in [0.3, 0.4) is 0 Å². The Labute approximate surface area is 167 Å². The summed E-state index contributed by atoms with van der Waals surface area (Å²) in [6.45, 7) is 4.70. The number of benzene rings is 2. The van der Waals surface area contributed by atoms with Gasteiger partial charge in [0.2, 0.25) is 6.79 Å². The number of hydrogen-bond acceptors (Lipinski definition) is 7. The number of anilines is 1. The van der Waals surface area contributed by atoms with Crippen molar-refractivity contribution in [2.75, 3.05) is 37.9 Å². The van der Waals surface area contributed by atoms with E-state index in [-0.39, 0.29) is 17.4 Å². The normalized spacial score (nSPS) is 16.3. The molecule has 3 aromatic rings. The van der Waals surface area contributed by atoms with Crippen LogP contribution in [0.2, 0.25) is 0 Å². The Morgan fingerprint density at radius 2 is 1.83 bits per heavy atom. The highest BCUT2D eigenvalue weighted by atomic mass is 16.7. The van der Waals surface area contributed by atoms with Crippen LogP contribution in [0, 0.1) is 10.1 Å². The Hall–Kier alpha value is -3.39. The highest BCUT2D eigenvalue weighted by molar-refractivity contribution is 5.99. The first-order valence-corrected chi connectivity index (χ1v) is 9.56. The van der Waals surface area contributed by atoms with Gasteiger partial charge in [-0.2, -0.15) is 0 Å². The van der Waals surface area contributed by atoms with E-state index in [2.05, 4.69) is 20.9 Å². The van der Waals surface area contributed by atoms with Gasteiger partial charge in [0.25, 0.3) is 5.69 Å². The minimum atomic E-state index is -0.350. The molecule has 0 amide bonds. The van der Waals surface area contributed by atoms with E-state index < -0.39 is 0 Å². The van der Waals surface area contributed by atoms with Crippen LogP contribution < -0.4 is 14.4 Å². The minimum Gasteiger partial charge on any atom is -0.454 e. The molecule has 0 bridgehead atoms. The summed E-state index contributed by atoms with van der Waals surface area (Å²) >= 11 is 0. The van der Waals surface area contributed by atoms with Gasteiger partial charge in [0.05, 0.1) is 10.3 Å². The molecule has 0 spiro atoms. The van der Waals surface area contributed by atoms with Gasteiger partial charge in [-0.3, -0.25) is 20.0 Å². The average Bonchev–Trinajstić information content (AvgIpc) is 3.21. The fourth-order valence-electron chi connectivity index (χ4n) is 4.04. The summed E-state index contributed by atoms with van der Waals surface area (Å²) in [4.78, 5) is 19.8. The third-order valence-corrected chi connectivity index (χ3v) is 5.52. The molecule has 0 unspecified atom stereocenters. The van der Waals surface area contributed by atoms with Gasteiger partial charge in [-0.1, -0.05) is 6.07 Å². The number of non-ortho nitro benzene ring substituents is 1. The zero-order valence-electron chi connectivity index (χ0n) is 15.8. The smallest absolute Gasteiger partial charge is 0.278 e. The standard InChI is InChI=1S/C21H20N4O4/c26-25(27)19-3-2-18(16-5-6-22-12-17(16)19)24-9-7-23(8-10-24)13-15-1-4-20-21(11-15)29-14-28-20/h1-6,11-12H,7-10,13-14H2. The molecule has 0 saturated carbocycles. The summed E-state index contributed by atoms with van der Waals surface area (Å²) in [6.07, 6.45) is 3.26. The number of hydrogen-bond donors (Lipinski definition) is 0. The van der Waals surface area contributed by atoms with E-state index in [4.69, 9.17) is 9.47 Å². The number of rotatable bonds is 4. The van der Waals surface area contributed by atoms with E-state index >= 15 is 0 Å². The van der Waals surface area contributed by atoms with E-state index in [1.165, 1.54) is 5.56 Å². The summed E-state index contributed by atoms with van der Waals surface area (Å²) in [6, 6.07) is 11.4. The topological polar surface area (TPSA) is 81.0 Å². The lowest BCUT2D eigenvalue weighted by Gasteiger charge is -2.36. The summed E-state index contributed by atoms with van der Waals surface area (Å²) in [5.41, 5.74) is 2.32. The van der Waals surface area contributed by atoms with Gasteiger partial charge >= 0.3 is 0 Å². The van der Waals surface area contributed by atoms with Gasteiger partial charge in [0.1, 0.15) is 0 Å². The summed E-state index contributed by atoms with van der Waals surface area (Å²) < 4.78 is 10.8. The van der Waals surface area contributed by atoms with Crippen molar-refractivity contribution >= 4 is 22.1 Å². The van der Waals surface area contributed by atoms with Crippen LogP contribution in [0.25, 0.3) is 10.8 Å². The van der Waals surface area contributed by atoms with E-state index in [1.807, 2.05) is 24.3 Å². The van der Waals surface area contributed by atoms with Gasteiger partial charge in [-0.05, 0) is 29.8 Å². The predicted molar refractivity (Wildman–Crippen MR) is 108 cm³/mol. The number of nitro benzene ring substituents is 1. The first-order chi connectivity index (χ1) is 14.2. The molecule has 2 aliphatic heterocycles. The van der Waals surface area contributed by atoms with Crippen LogP contribution in [0.5, 0.6) is 11.5 Å². The van der Waals surface area contributed by atoms with Crippen molar-refractivity contribution in [3.05, 3.63) is 64.5 Å². The molecule has 3 heterocycles. The van der Waals surface area contributed by atoms with Gasteiger partial charge in [-0.15, -0.1) is 0 Å². The molecule has 2 aliphatic rings. The van der Waals surface area contributed by atoms with Gasteiger partial charge in [-0.25, -0.2) is 0 Å². The van der Waals surface area contributed by atoms with Crippen molar-refractivity contribution in [1.82, 2.24) is 9.88 Å². The number of pyridine rings is 1. The fourth-order valence-corrected chi connectivity index (χ4v) is 4.04. The highest BCUT2D eigenvalue weighted by Gasteiger charge is 2.22. The molecule has 0 atom stereocenters. The minimum absolute atomic E-state index is 0.0956. The molecule has 0 radical (unpaired) electrons. The number of nitrogens with zero attached hydrogens (tertiary/aromatic N) is 4. The van der Waals surface area contributed by atoms with E-state index in [0.717, 1.165) is 55.3 Å². The van der Waals surface area contributed by atoms with Crippen molar-refractivity contribution in [1.29, 1.82) is 0 Å². The molecule has 1 fully saturated rings. The lowest BCUT2D eigenvalue weighted by molar-refractivity contribution is -0.383. The zero-order chi connectivity index (χ0) is 19.8. The maximum Gasteiger partial charge on any atom is 0.278 e. The Balaban J connectivity index is 1.31. The molecule has 5 rings (SSSR count). The quantitative estimate of drug-likeness (QED) is 0.498. The van der Waals surface area contributed by atoms with Crippen molar-refractivity contribution in [3.63, 3.8) is 0 Å². The Morgan fingerprint density at radius 3 is 2.66 bits per heavy atom. The number of ether oxygens (including phenoxy) is 2. The molecule has 29 heavy (non-hydrogen) atoms. The molecule has 148 valence electrons. The van der Waals surface area contributed by atoms with Crippen molar-refractivity contribution in [2.24, 2.45) is 0 Å². The third kappa shape index (κ3) is 3.31. The van der Waals surface area contributed by atoms with Gasteiger partial charge in [0, 0.05) is 62.3 Å². The summed E-state index contributed by atoms with van der Waals surface area (Å²) in [5.74, 6) is 1.62. The van der Waals surface area contributed by atoms with Gasteiger partial charge in [0.15, 0.2) is 11.5 Å². The van der Waals surface area contributed by atoms with E-state index in [9.17, 15) is 10.1 Å². The van der Waals surface area contributed by atoms with Crippen molar-refractivity contribution < 1.29 is 14.4 Å². The van der Waals surface area contributed by atoms with Crippen molar-refractivity contribution in [3.8, 4) is 11.5 Å². The number of fused-ring (bicyclic) bond motifs is 2. The maximum atomic E-state index is 11.3. The monoisotopic (exact) mass is 392 g/mol. The second-order valence-corrected chi connectivity index (χ2v) is 7.23. The van der Waals surface area contributed by atoms with E-state index in [0.29, 0.717) is 5.39 Å². The molecule has 8 heteroatoms. The lowest BCUT2D eigenvalue weighted by Crippen LogP contribution is -2.46. The third-order valence-electron chi connectivity index (χ3n) is 5.52. The Morgan fingerprint density at radius 1 is 1.00 bits per heavy atom. The largest absolute Gasteiger partial charge is 0.454 e. The number of nitro groups is 1. The van der Waals surface area contributed by atoms with Crippen LogP contribution >= 0.6 is 0 Å². The lowest BCUT2D eigenvalue weighted by atomic mass is 10.1. The number of piperazine rings is 1. The van der Waals surface area contributed by atoms with Crippen LogP contribution in [-0.2, 0) is 6.54 Å². The molecular formula is C21H20N4O4. The SMILES string of the molecule is O=[N+]([O-])c1ccc(N2CCN(Cc3ccc4c(c3)OCO4)CC2)c2ccncc12. The summed E-state index contributed by atoms with van der Waals surface area (Å²) in [5, 5.41) is 12.8. The molecular weight excluding hydrogens is 372 g/mol. The fraction of sp³-hybridized carbons (Fsp3) is 0.286. The molecule has 0 N–H and O–H groups in total. The molecule has 0 aliphatic carbocycles. The molecule has 8 nitrogen and oxygen atoms in total. The average molecular weight is 392 g/mol. The van der Waals surface area contributed by atoms with Crippen LogP contribution in [0.15, 0.2) is 48.8 Å². The Bertz CT molecular complexity index is 1080. The van der Waals surface area contributed by atoms with Gasteiger partial charge < -0.3 is 14.4 Å². The molecule has 1 saturated heterocycles. The predicted octanol–water partition coefficient (Wildman–Crippen LogP) is 3.19. The maximum absolute atomic E-state index is 11.3. The second-order valence-electron chi connectivity index (χ2n) is 7.23. The molecule has 2 aromatic carbocycles. The molecule has 1 aromatic heterocycles. The number of aromatic nitrogens is 1. The van der Waals surface area contributed by atoms with Crippen LogP contribution in [0.1, 0.15) is 5.56 Å². The highest BCUT2D eigenvalue weighted by Crippen LogP contribution is 2.34. The van der Waals surface area contributed by atoms with Crippen LogP contribution in [-0.4, -0.2) is 47.8 Å². The first kappa shape index (κ1) is 17.7. The second kappa shape index (κ2) is 7.21. The van der Waals surface area contributed by atoms with Crippen LogP contribution in [0.4, 0.5) is 11.4 Å². The Kier molecular flexibility index (Phi) is 4.40. The van der Waals surface area contributed by atoms with E-state index in [1.54, 1.807) is 18.5 Å². The summed E-state index contributed by atoms with van der Waals surface area (Å²) in [7, 11) is 0. The first-order valence-electron chi connectivity index (χ1n) is 9.56.